The van der Waals surface area contributed by atoms with Crippen LogP contribution in [0.3, 0.4) is 0 Å². The maximum atomic E-state index is 6.54. The summed E-state index contributed by atoms with van der Waals surface area (Å²) in [5.41, 5.74) is 29.6. The van der Waals surface area contributed by atoms with E-state index >= 15 is 0 Å². The molecule has 2 aliphatic carbocycles. The third kappa shape index (κ3) is 14.4. The molecule has 0 saturated carbocycles. The lowest BCUT2D eigenvalue weighted by Gasteiger charge is -2.32. The Kier molecular flexibility index (Phi) is 19.3. The van der Waals surface area contributed by atoms with Crippen molar-refractivity contribution in [2.24, 2.45) is 0 Å². The van der Waals surface area contributed by atoms with Crippen molar-refractivity contribution in [1.82, 2.24) is 29.9 Å². The zero-order valence-corrected chi connectivity index (χ0v) is 64.7. The zero-order chi connectivity index (χ0) is 76.7. The summed E-state index contributed by atoms with van der Waals surface area (Å²) in [5.74, 6) is 3.10. The van der Waals surface area contributed by atoms with Gasteiger partial charge in [0.05, 0.1) is 11.2 Å². The summed E-state index contributed by atoms with van der Waals surface area (Å²) in [4.78, 5) is 28.0. The summed E-state index contributed by atoms with van der Waals surface area (Å²) in [6.45, 7) is 17.8. The molecular weight excluding hydrogens is 1390 g/mol. The first-order chi connectivity index (χ1) is 54.4. The molecule has 16 aromatic rings. The van der Waals surface area contributed by atoms with Crippen LogP contribution in [-0.4, -0.2) is 48.2 Å². The molecule has 1 fully saturated rings. The largest absolute Gasteiger partial charge is 0.494 e. The molecule has 112 heavy (non-hydrogen) atoms. The van der Waals surface area contributed by atoms with Crippen molar-refractivity contribution in [3.05, 3.63) is 379 Å². The first-order valence-corrected chi connectivity index (χ1v) is 38.6. The van der Waals surface area contributed by atoms with E-state index in [4.69, 9.17) is 35.9 Å². The molecule has 3 aliphatic rings. The third-order valence-corrected chi connectivity index (χ3v) is 22.7. The maximum absolute atomic E-state index is 6.54. The van der Waals surface area contributed by atoms with E-state index in [1.165, 1.54) is 89.0 Å². The first-order valence-electron chi connectivity index (χ1n) is 38.2. The fourth-order valence-electron chi connectivity index (χ4n) is 15.6. The summed E-state index contributed by atoms with van der Waals surface area (Å²) in [6, 6.07) is 124. The molecule has 14 aromatic carbocycles. The normalized spacial score (nSPS) is 14.1. The zero-order valence-electron chi connectivity index (χ0n) is 63.9. The van der Waals surface area contributed by atoms with E-state index in [0.29, 0.717) is 29.1 Å². The van der Waals surface area contributed by atoms with Crippen molar-refractivity contribution in [2.45, 2.75) is 77.4 Å². The van der Waals surface area contributed by atoms with Crippen molar-refractivity contribution in [2.75, 3.05) is 0 Å². The molecule has 0 spiro atoms. The lowest BCUT2D eigenvalue weighted by atomic mass is 9.76. The fraction of sp³-hybridized carbons (Fsp3) is 0.118. The van der Waals surface area contributed by atoms with Gasteiger partial charge in [-0.2, -0.15) is 9.97 Å². The highest BCUT2D eigenvalue weighted by molar-refractivity contribution is 6.62. The number of aromatic nitrogens is 6. The van der Waals surface area contributed by atoms with Crippen LogP contribution in [-0.2, 0) is 20.1 Å². The highest BCUT2D eigenvalue weighted by Crippen LogP contribution is 2.52. The van der Waals surface area contributed by atoms with Gasteiger partial charge in [0.2, 0.25) is 5.28 Å². The molecule has 0 unspecified atom stereocenters. The number of hydrogen-bond acceptors (Lipinski definition) is 8. The third-order valence-electron chi connectivity index (χ3n) is 22.5. The van der Waals surface area contributed by atoms with E-state index in [0.717, 1.165) is 55.5 Å². The van der Waals surface area contributed by atoms with Crippen LogP contribution in [0.5, 0.6) is 0 Å². The molecule has 19 rings (SSSR count). The van der Waals surface area contributed by atoms with Crippen molar-refractivity contribution in [3.8, 4) is 146 Å². The molecule has 0 amide bonds. The first kappa shape index (κ1) is 72.2. The van der Waals surface area contributed by atoms with Gasteiger partial charge in [-0.3, -0.25) is 0 Å². The SMILES string of the molecule is CC1(C)c2ccccc2-c2ccc(-c3cc(-c4ccc(-c5ccccc5)cc4)cc(-c4nc(-c5ccccc5)nc(-c5ccccc5)n4)c3)cc21.CC1(C)c2ccccc2-c2ccc(-c3cc(B4OC(C)(C)C(C)(C)O4)cc(-c4ccc(-c5ccccc5)cc4)c3)cc21.Clc1nc(-c2ccccc2)nc(-c2ccccc2)n1. The smallest absolute Gasteiger partial charge is 0.399 e. The Labute approximate surface area is 661 Å². The lowest BCUT2D eigenvalue weighted by Crippen LogP contribution is -2.41. The molecule has 0 atom stereocenters. The fourth-order valence-corrected chi connectivity index (χ4v) is 15.8. The van der Waals surface area contributed by atoms with Crippen molar-refractivity contribution >= 4 is 24.2 Å². The van der Waals surface area contributed by atoms with Crippen LogP contribution in [0.1, 0.15) is 77.6 Å². The second-order valence-electron chi connectivity index (χ2n) is 31.0. The van der Waals surface area contributed by atoms with Gasteiger partial charge in [-0.25, -0.2) is 19.9 Å². The van der Waals surface area contributed by atoms with Gasteiger partial charge in [0, 0.05) is 38.6 Å². The minimum absolute atomic E-state index is 0.0542. The predicted molar refractivity (Wildman–Crippen MR) is 462 cm³/mol. The summed E-state index contributed by atoms with van der Waals surface area (Å²) in [5, 5.41) is 0.202. The van der Waals surface area contributed by atoms with Gasteiger partial charge in [-0.1, -0.05) is 343 Å². The molecule has 542 valence electrons. The standard InChI is InChI=1S/C48H35N3.C39H37BO2.C15H10ClN3/c1-48(2)43-21-13-12-20-41(43)42-27-26-37(31-44(42)48)39-28-38(34-24-22-33(23-25-34)32-14-6-3-7-15-32)29-40(30-39)47-50-45(35-16-8-4-9-17-35)49-46(51-47)36-18-10-5-11-19-36;1-37(2)35-15-11-10-14-33(35)34-21-20-29(25-36(34)37)31-22-30(23-32(24-31)40-41-38(3,4)39(5,6)42-40)28-18-16-27(17-19-28)26-12-8-7-9-13-26;16-15-18-13(11-7-3-1-4-8-11)17-14(19-15)12-9-5-2-6-10-12/h3-31H,1-2H3;7-25H,1-6H3;1-10H. The van der Waals surface area contributed by atoms with Crippen LogP contribution in [0.25, 0.3) is 146 Å². The molecule has 0 bridgehead atoms. The summed E-state index contributed by atoms with van der Waals surface area (Å²) < 4.78 is 13.1. The van der Waals surface area contributed by atoms with Gasteiger partial charge >= 0.3 is 7.12 Å². The highest BCUT2D eigenvalue weighted by Gasteiger charge is 2.52. The van der Waals surface area contributed by atoms with Gasteiger partial charge in [0.25, 0.3) is 0 Å². The van der Waals surface area contributed by atoms with Crippen LogP contribution in [0, 0.1) is 0 Å². The predicted octanol–water partition coefficient (Wildman–Crippen LogP) is 25.3. The number of fused-ring (bicyclic) bond motifs is 6. The Morgan fingerprint density at radius 3 is 0.812 bits per heavy atom. The van der Waals surface area contributed by atoms with Gasteiger partial charge in [0.1, 0.15) is 0 Å². The lowest BCUT2D eigenvalue weighted by molar-refractivity contribution is 0.00578. The van der Waals surface area contributed by atoms with Crippen molar-refractivity contribution < 1.29 is 9.31 Å². The van der Waals surface area contributed by atoms with Crippen molar-refractivity contribution in [3.63, 3.8) is 0 Å². The molecule has 2 aromatic heterocycles. The number of hydrogen-bond donors (Lipinski definition) is 0. The molecule has 1 aliphatic heterocycles. The Hall–Kier alpha value is -12.6. The average molecular weight is 1470 g/mol. The Morgan fingerprint density at radius 1 is 0.214 bits per heavy atom. The van der Waals surface area contributed by atoms with Gasteiger partial charge < -0.3 is 9.31 Å². The van der Waals surface area contributed by atoms with Crippen molar-refractivity contribution in [1.29, 1.82) is 0 Å². The number of halogens is 1. The maximum Gasteiger partial charge on any atom is 0.494 e. The number of benzene rings is 14. The summed E-state index contributed by atoms with van der Waals surface area (Å²) in [7, 11) is -0.438. The average Bonchev–Trinajstić information content (AvgIpc) is 1.58. The quantitative estimate of drug-likeness (QED) is 0.112. The number of rotatable bonds is 12. The molecular formula is C102H82BClN6O2. The molecule has 0 radical (unpaired) electrons. The van der Waals surface area contributed by atoms with Crippen LogP contribution in [0.15, 0.2) is 352 Å². The molecule has 0 N–H and O–H groups in total. The molecule has 8 nitrogen and oxygen atoms in total. The van der Waals surface area contributed by atoms with E-state index < -0.39 is 18.3 Å². The Balaban J connectivity index is 0.000000134. The second kappa shape index (κ2) is 30.0. The Morgan fingerprint density at radius 2 is 0.455 bits per heavy atom. The van der Waals surface area contributed by atoms with E-state index in [1.807, 2.05) is 121 Å². The highest BCUT2D eigenvalue weighted by atomic mass is 35.5. The van der Waals surface area contributed by atoms with Crippen LogP contribution < -0.4 is 5.46 Å². The van der Waals surface area contributed by atoms with E-state index in [9.17, 15) is 0 Å². The van der Waals surface area contributed by atoms with E-state index in [-0.39, 0.29) is 16.1 Å². The van der Waals surface area contributed by atoms with Gasteiger partial charge in [-0.15, -0.1) is 0 Å². The van der Waals surface area contributed by atoms with Crippen LogP contribution >= 0.6 is 11.6 Å². The topological polar surface area (TPSA) is 95.8 Å². The summed E-state index contributed by atoms with van der Waals surface area (Å²) >= 11 is 5.99. The molecule has 10 heteroatoms. The Bertz CT molecular complexity index is 5990. The van der Waals surface area contributed by atoms with Crippen LogP contribution in [0.4, 0.5) is 0 Å². The van der Waals surface area contributed by atoms with Gasteiger partial charge in [-0.05, 0) is 192 Å². The monoisotopic (exact) mass is 1470 g/mol. The molecule has 3 heterocycles. The second-order valence-corrected chi connectivity index (χ2v) is 31.3. The van der Waals surface area contributed by atoms with E-state index in [1.54, 1.807) is 0 Å². The molecule has 1 saturated heterocycles. The minimum atomic E-state index is -0.438. The van der Waals surface area contributed by atoms with Crippen LogP contribution in [0.2, 0.25) is 5.28 Å². The van der Waals surface area contributed by atoms with Gasteiger partial charge in [0.15, 0.2) is 29.1 Å². The van der Waals surface area contributed by atoms with E-state index in [2.05, 4.69) is 301 Å². The number of nitrogens with zero attached hydrogens (tertiary/aromatic N) is 6. The minimum Gasteiger partial charge on any atom is -0.399 e. The summed E-state index contributed by atoms with van der Waals surface area (Å²) in [6.07, 6.45) is 0.